The van der Waals surface area contributed by atoms with E-state index in [1.54, 1.807) is 11.3 Å². The molecule has 1 heterocycles. The first-order chi connectivity index (χ1) is 9.69. The van der Waals surface area contributed by atoms with Crippen LogP contribution in [0.15, 0.2) is 30.3 Å². The molecule has 2 rings (SSSR count). The predicted molar refractivity (Wildman–Crippen MR) is 86.8 cm³/mol. The molecule has 1 N–H and O–H groups in total. The highest BCUT2D eigenvalue weighted by atomic mass is 35.5. The Labute approximate surface area is 129 Å². The standard InChI is InChI=1S/C16H20ClNOS/c1-3-8-18-10-13-9-12(2)4-6-15(13)19-11-14-5-7-16(17)20-14/h4-7,9,18H,3,8,10-11H2,1-2H3. The molecule has 0 aliphatic heterocycles. The number of aryl methyl sites for hydroxylation is 1. The van der Waals surface area contributed by atoms with Gasteiger partial charge in [0, 0.05) is 17.0 Å². The molecule has 4 heteroatoms. The first-order valence-electron chi connectivity index (χ1n) is 6.86. The fourth-order valence-electron chi connectivity index (χ4n) is 1.97. The monoisotopic (exact) mass is 309 g/mol. The highest BCUT2D eigenvalue weighted by molar-refractivity contribution is 7.16. The summed E-state index contributed by atoms with van der Waals surface area (Å²) in [6, 6.07) is 10.2. The normalized spacial score (nSPS) is 10.8. The Balaban J connectivity index is 2.01. The molecule has 0 amide bonds. The summed E-state index contributed by atoms with van der Waals surface area (Å²) >= 11 is 7.49. The number of benzene rings is 1. The van der Waals surface area contributed by atoms with Gasteiger partial charge >= 0.3 is 0 Å². The first-order valence-corrected chi connectivity index (χ1v) is 8.05. The third-order valence-electron chi connectivity index (χ3n) is 2.96. The van der Waals surface area contributed by atoms with Crippen molar-refractivity contribution in [2.45, 2.75) is 33.4 Å². The molecule has 0 fully saturated rings. The Morgan fingerprint density at radius 2 is 2.10 bits per heavy atom. The SMILES string of the molecule is CCCNCc1cc(C)ccc1OCc1ccc(Cl)s1. The summed E-state index contributed by atoms with van der Waals surface area (Å²) in [5.41, 5.74) is 2.46. The van der Waals surface area contributed by atoms with Gasteiger partial charge in [-0.1, -0.05) is 36.2 Å². The van der Waals surface area contributed by atoms with Crippen LogP contribution in [0.2, 0.25) is 4.34 Å². The average Bonchev–Trinajstić information content (AvgIpc) is 2.84. The van der Waals surface area contributed by atoms with E-state index in [2.05, 4.69) is 31.3 Å². The van der Waals surface area contributed by atoms with Gasteiger partial charge in [0.05, 0.1) is 4.34 Å². The van der Waals surface area contributed by atoms with Gasteiger partial charge < -0.3 is 10.1 Å². The van der Waals surface area contributed by atoms with Crippen LogP contribution in [-0.2, 0) is 13.2 Å². The summed E-state index contributed by atoms with van der Waals surface area (Å²) in [4.78, 5) is 1.14. The van der Waals surface area contributed by atoms with E-state index in [0.29, 0.717) is 6.61 Å². The molecule has 0 saturated heterocycles. The number of halogens is 1. The second-order valence-corrected chi connectivity index (χ2v) is 6.58. The number of hydrogen-bond donors (Lipinski definition) is 1. The van der Waals surface area contributed by atoms with Gasteiger partial charge in [0.2, 0.25) is 0 Å². The van der Waals surface area contributed by atoms with Gasteiger partial charge in [0.1, 0.15) is 12.4 Å². The third-order valence-corrected chi connectivity index (χ3v) is 4.16. The van der Waals surface area contributed by atoms with Crippen molar-refractivity contribution in [1.82, 2.24) is 5.32 Å². The maximum Gasteiger partial charge on any atom is 0.124 e. The molecule has 0 spiro atoms. The van der Waals surface area contributed by atoms with Crippen LogP contribution < -0.4 is 10.1 Å². The molecule has 2 nitrogen and oxygen atoms in total. The van der Waals surface area contributed by atoms with Crippen molar-refractivity contribution in [2.24, 2.45) is 0 Å². The lowest BCUT2D eigenvalue weighted by Gasteiger charge is -2.12. The second-order valence-electron chi connectivity index (χ2n) is 4.78. The summed E-state index contributed by atoms with van der Waals surface area (Å²) in [6.45, 7) is 6.71. The van der Waals surface area contributed by atoms with Crippen molar-refractivity contribution >= 4 is 22.9 Å². The van der Waals surface area contributed by atoms with Crippen molar-refractivity contribution in [1.29, 1.82) is 0 Å². The van der Waals surface area contributed by atoms with E-state index in [-0.39, 0.29) is 0 Å². The van der Waals surface area contributed by atoms with E-state index < -0.39 is 0 Å². The summed E-state index contributed by atoms with van der Waals surface area (Å²) < 4.78 is 6.74. The third kappa shape index (κ3) is 4.51. The lowest BCUT2D eigenvalue weighted by atomic mass is 10.1. The Bertz CT molecular complexity index is 553. The van der Waals surface area contributed by atoms with Crippen LogP contribution >= 0.6 is 22.9 Å². The zero-order valence-corrected chi connectivity index (χ0v) is 13.5. The minimum atomic E-state index is 0.571. The lowest BCUT2D eigenvalue weighted by Crippen LogP contribution is -2.14. The zero-order chi connectivity index (χ0) is 14.4. The molecule has 0 aliphatic rings. The molecule has 0 atom stereocenters. The minimum Gasteiger partial charge on any atom is -0.488 e. The molecule has 20 heavy (non-hydrogen) atoms. The number of rotatable bonds is 7. The van der Waals surface area contributed by atoms with Crippen LogP contribution in [0.25, 0.3) is 0 Å². The van der Waals surface area contributed by atoms with Gasteiger partial charge in [-0.2, -0.15) is 0 Å². The molecule has 0 bridgehead atoms. The highest BCUT2D eigenvalue weighted by Crippen LogP contribution is 2.25. The van der Waals surface area contributed by atoms with Crippen molar-refractivity contribution in [3.63, 3.8) is 0 Å². The summed E-state index contributed by atoms with van der Waals surface area (Å²) in [5, 5.41) is 3.42. The highest BCUT2D eigenvalue weighted by Gasteiger charge is 2.05. The van der Waals surface area contributed by atoms with Gasteiger partial charge in [0.15, 0.2) is 0 Å². The average molecular weight is 310 g/mol. The molecular formula is C16H20ClNOS. The molecule has 0 aliphatic carbocycles. The van der Waals surface area contributed by atoms with Gasteiger partial charge in [-0.25, -0.2) is 0 Å². The van der Waals surface area contributed by atoms with Crippen LogP contribution in [0, 0.1) is 6.92 Å². The number of thiophene rings is 1. The van der Waals surface area contributed by atoms with E-state index in [1.807, 2.05) is 18.2 Å². The van der Waals surface area contributed by atoms with Gasteiger partial charge in [0.25, 0.3) is 0 Å². The molecule has 108 valence electrons. The zero-order valence-electron chi connectivity index (χ0n) is 11.9. The van der Waals surface area contributed by atoms with Gasteiger partial charge in [-0.05, 0) is 38.1 Å². The summed E-state index contributed by atoms with van der Waals surface area (Å²) in [5.74, 6) is 0.948. The smallest absolute Gasteiger partial charge is 0.124 e. The van der Waals surface area contributed by atoms with Crippen molar-refractivity contribution < 1.29 is 4.74 Å². The quantitative estimate of drug-likeness (QED) is 0.743. The van der Waals surface area contributed by atoms with E-state index in [9.17, 15) is 0 Å². The maximum absolute atomic E-state index is 5.93. The van der Waals surface area contributed by atoms with Crippen molar-refractivity contribution in [3.8, 4) is 5.75 Å². The summed E-state index contributed by atoms with van der Waals surface area (Å²) in [6.07, 6.45) is 1.13. The molecule has 0 radical (unpaired) electrons. The second kappa shape index (κ2) is 7.67. The van der Waals surface area contributed by atoms with E-state index in [1.165, 1.54) is 11.1 Å². The molecular weight excluding hydrogens is 290 g/mol. The number of hydrogen-bond acceptors (Lipinski definition) is 3. The van der Waals surface area contributed by atoms with Gasteiger partial charge in [-0.3, -0.25) is 0 Å². The van der Waals surface area contributed by atoms with E-state index in [0.717, 1.165) is 34.5 Å². The Kier molecular flexibility index (Phi) is 5.89. The van der Waals surface area contributed by atoms with Gasteiger partial charge in [-0.15, -0.1) is 11.3 Å². The largest absolute Gasteiger partial charge is 0.488 e. The van der Waals surface area contributed by atoms with Crippen LogP contribution in [0.3, 0.4) is 0 Å². The van der Waals surface area contributed by atoms with Crippen LogP contribution in [-0.4, -0.2) is 6.54 Å². The lowest BCUT2D eigenvalue weighted by molar-refractivity contribution is 0.305. The van der Waals surface area contributed by atoms with Crippen molar-refractivity contribution in [3.05, 3.63) is 50.7 Å². The molecule has 0 unspecified atom stereocenters. The molecule has 1 aromatic heterocycles. The Morgan fingerprint density at radius 1 is 1.25 bits per heavy atom. The van der Waals surface area contributed by atoms with Crippen molar-refractivity contribution in [2.75, 3.05) is 6.54 Å². The topological polar surface area (TPSA) is 21.3 Å². The Hall–Kier alpha value is -1.03. The number of ether oxygens (including phenoxy) is 1. The van der Waals surface area contributed by atoms with E-state index >= 15 is 0 Å². The minimum absolute atomic E-state index is 0.571. The summed E-state index contributed by atoms with van der Waals surface area (Å²) in [7, 11) is 0. The molecule has 1 aromatic carbocycles. The van der Waals surface area contributed by atoms with Crippen LogP contribution in [0.1, 0.15) is 29.3 Å². The van der Waals surface area contributed by atoms with Crippen LogP contribution in [0.4, 0.5) is 0 Å². The predicted octanol–water partition coefficient (Wildman–Crippen LogP) is 4.79. The molecule has 0 saturated carbocycles. The Morgan fingerprint density at radius 3 is 2.80 bits per heavy atom. The van der Waals surface area contributed by atoms with Crippen LogP contribution in [0.5, 0.6) is 5.75 Å². The fourth-order valence-corrected chi connectivity index (χ4v) is 2.97. The number of nitrogens with one attached hydrogen (secondary N) is 1. The molecule has 2 aromatic rings. The fraction of sp³-hybridized carbons (Fsp3) is 0.375. The maximum atomic E-state index is 5.93. The first kappa shape index (κ1) is 15.4. The van der Waals surface area contributed by atoms with E-state index in [4.69, 9.17) is 16.3 Å².